The van der Waals surface area contributed by atoms with Crippen LogP contribution in [0.4, 0.5) is 10.1 Å². The number of halogens is 1. The third-order valence-electron chi connectivity index (χ3n) is 5.03. The maximum Gasteiger partial charge on any atom is 0.145 e. The number of nitrogens with one attached hydrogen (secondary N) is 2. The van der Waals surface area contributed by atoms with Crippen molar-refractivity contribution >= 4 is 11.4 Å². The highest BCUT2D eigenvalue weighted by Gasteiger charge is 2.29. The molecule has 0 bridgehead atoms. The Morgan fingerprint density at radius 2 is 2.20 bits per heavy atom. The van der Waals surface area contributed by atoms with Gasteiger partial charge in [-0.3, -0.25) is 0 Å². The van der Waals surface area contributed by atoms with E-state index >= 15 is 0 Å². The summed E-state index contributed by atoms with van der Waals surface area (Å²) in [5, 5.41) is 11.6. The van der Waals surface area contributed by atoms with Crippen molar-refractivity contribution < 1.29 is 9.13 Å². The van der Waals surface area contributed by atoms with Crippen LogP contribution in [0.1, 0.15) is 33.1 Å². The van der Waals surface area contributed by atoms with E-state index in [0.29, 0.717) is 36.6 Å². The molecule has 1 aromatic rings. The average molecular weight is 346 g/mol. The molecule has 0 aliphatic carbocycles. The minimum Gasteiger partial charge on any atom is -0.488 e. The van der Waals surface area contributed by atoms with Crippen LogP contribution < -0.4 is 20.7 Å². The van der Waals surface area contributed by atoms with E-state index in [1.807, 2.05) is 4.90 Å². The molecule has 2 saturated heterocycles. The van der Waals surface area contributed by atoms with Crippen LogP contribution in [-0.4, -0.2) is 37.0 Å². The zero-order valence-corrected chi connectivity index (χ0v) is 14.9. The summed E-state index contributed by atoms with van der Waals surface area (Å²) in [6.45, 7) is 5.34. The van der Waals surface area contributed by atoms with Gasteiger partial charge < -0.3 is 26.1 Å². The van der Waals surface area contributed by atoms with E-state index in [0.717, 1.165) is 30.5 Å². The molecule has 0 saturated carbocycles. The molecule has 2 fully saturated rings. The number of ether oxygens (including phenoxy) is 1. The van der Waals surface area contributed by atoms with Crippen molar-refractivity contribution in [2.75, 3.05) is 18.0 Å². The number of nitrogens with two attached hydrogens (primary N) is 1. The number of anilines is 1. The predicted molar refractivity (Wildman–Crippen MR) is 98.9 cm³/mol. The summed E-state index contributed by atoms with van der Waals surface area (Å²) in [5.41, 5.74) is 7.72. The Bertz CT molecular complexity index is 675. The molecule has 0 amide bonds. The highest BCUT2D eigenvalue weighted by atomic mass is 19.1. The van der Waals surface area contributed by atoms with E-state index in [1.54, 1.807) is 6.07 Å². The molecule has 6 heteroatoms. The molecular formula is C19H27FN4O. The van der Waals surface area contributed by atoms with Gasteiger partial charge in [-0.1, -0.05) is 6.92 Å². The van der Waals surface area contributed by atoms with E-state index in [9.17, 15) is 4.39 Å². The molecule has 0 spiro atoms. The third kappa shape index (κ3) is 3.95. The first-order valence-electron chi connectivity index (χ1n) is 8.96. The first-order chi connectivity index (χ1) is 12.0. The number of nitrogens with zero attached hydrogens (tertiary/aromatic N) is 1. The lowest BCUT2D eigenvalue weighted by Gasteiger charge is -2.35. The summed E-state index contributed by atoms with van der Waals surface area (Å²) in [4.78, 5) is 2.01. The van der Waals surface area contributed by atoms with Crippen LogP contribution in [-0.2, 0) is 0 Å². The number of piperidine rings is 1. The van der Waals surface area contributed by atoms with Gasteiger partial charge >= 0.3 is 0 Å². The summed E-state index contributed by atoms with van der Waals surface area (Å²) in [6.07, 6.45) is 4.41. The van der Waals surface area contributed by atoms with Gasteiger partial charge in [0.2, 0.25) is 0 Å². The largest absolute Gasteiger partial charge is 0.488 e. The maximum atomic E-state index is 13.8. The van der Waals surface area contributed by atoms with E-state index in [1.165, 1.54) is 18.3 Å². The lowest BCUT2D eigenvalue weighted by Crippen LogP contribution is -2.47. The minimum atomic E-state index is -0.309. The summed E-state index contributed by atoms with van der Waals surface area (Å²) >= 11 is 0. The average Bonchev–Trinajstić information content (AvgIpc) is 2.95. The van der Waals surface area contributed by atoms with E-state index in [4.69, 9.17) is 15.9 Å². The molecule has 0 radical (unpaired) electrons. The highest BCUT2D eigenvalue weighted by Crippen LogP contribution is 2.34. The second-order valence-corrected chi connectivity index (χ2v) is 7.02. The number of rotatable bonds is 4. The molecule has 2 heterocycles. The van der Waals surface area contributed by atoms with Crippen LogP contribution in [0, 0.1) is 11.2 Å². The zero-order valence-electron chi connectivity index (χ0n) is 14.9. The number of hydrogen-bond acceptors (Lipinski definition) is 5. The Morgan fingerprint density at radius 3 is 2.88 bits per heavy atom. The quantitative estimate of drug-likeness (QED) is 0.784. The van der Waals surface area contributed by atoms with Crippen molar-refractivity contribution in [1.29, 1.82) is 5.41 Å². The Morgan fingerprint density at radius 1 is 1.40 bits per heavy atom. The Kier molecular flexibility index (Phi) is 5.27. The molecule has 5 nitrogen and oxygen atoms in total. The Hall–Kier alpha value is -2.08. The monoisotopic (exact) mass is 346 g/mol. The van der Waals surface area contributed by atoms with Gasteiger partial charge in [-0.25, -0.2) is 4.39 Å². The Balaban J connectivity index is 1.81. The van der Waals surface area contributed by atoms with E-state index in [2.05, 4.69) is 19.2 Å². The van der Waals surface area contributed by atoms with Crippen molar-refractivity contribution in [3.05, 3.63) is 35.8 Å². The third-order valence-corrected chi connectivity index (χ3v) is 5.03. The molecule has 1 aromatic carbocycles. The van der Waals surface area contributed by atoms with Crippen LogP contribution in [0.2, 0.25) is 0 Å². The molecule has 2 aliphatic rings. The minimum absolute atomic E-state index is 0.0633. The normalized spacial score (nSPS) is 28.6. The van der Waals surface area contributed by atoms with Gasteiger partial charge in [0, 0.05) is 36.5 Å². The fraction of sp³-hybridized carbons (Fsp3) is 0.526. The number of hydrogen-bond donors (Lipinski definition) is 3. The molecule has 3 atom stereocenters. The molecule has 25 heavy (non-hydrogen) atoms. The Labute approximate surface area is 148 Å². The first kappa shape index (κ1) is 17.7. The van der Waals surface area contributed by atoms with Gasteiger partial charge in [0.25, 0.3) is 0 Å². The maximum absolute atomic E-state index is 13.8. The first-order valence-corrected chi connectivity index (χ1v) is 8.96. The molecular weight excluding hydrogens is 319 g/mol. The summed E-state index contributed by atoms with van der Waals surface area (Å²) in [5.74, 6) is 0.247. The second kappa shape index (κ2) is 7.44. The van der Waals surface area contributed by atoms with Crippen molar-refractivity contribution in [3.8, 4) is 5.75 Å². The van der Waals surface area contributed by atoms with Crippen LogP contribution in [0.5, 0.6) is 5.75 Å². The van der Waals surface area contributed by atoms with Crippen LogP contribution >= 0.6 is 0 Å². The zero-order chi connectivity index (χ0) is 18.0. The van der Waals surface area contributed by atoms with Gasteiger partial charge in [-0.2, -0.15) is 0 Å². The van der Waals surface area contributed by atoms with Gasteiger partial charge in [0.05, 0.1) is 17.9 Å². The van der Waals surface area contributed by atoms with Crippen molar-refractivity contribution in [2.24, 2.45) is 5.73 Å². The van der Waals surface area contributed by atoms with Crippen molar-refractivity contribution in [2.45, 2.75) is 51.3 Å². The fourth-order valence-corrected chi connectivity index (χ4v) is 3.72. The smallest absolute Gasteiger partial charge is 0.145 e. The molecule has 3 rings (SSSR count). The van der Waals surface area contributed by atoms with Gasteiger partial charge in [-0.05, 0) is 38.3 Å². The lowest BCUT2D eigenvalue weighted by molar-refractivity contribution is 0.118. The summed E-state index contributed by atoms with van der Waals surface area (Å²) < 4.78 is 20.1. The molecule has 4 N–H and O–H groups in total. The highest BCUT2D eigenvalue weighted by molar-refractivity contribution is 6.05. The fourth-order valence-electron chi connectivity index (χ4n) is 3.72. The second-order valence-electron chi connectivity index (χ2n) is 7.02. The molecule has 136 valence electrons. The summed E-state index contributed by atoms with van der Waals surface area (Å²) in [7, 11) is 0. The standard InChI is InChI=1S/C19H27FN4O/c1-3-15-8-16(6-12(2)23-15)25-19-7-14(20)4-5-18(19)24-10-13(9-21)17(22)11-24/h4-5,7,9,12,15-16,22-23H,3,6,8,10-11,21H2,1-2H3/b13-9-,22-17?. The van der Waals surface area contributed by atoms with Crippen molar-refractivity contribution in [3.63, 3.8) is 0 Å². The van der Waals surface area contributed by atoms with Crippen LogP contribution in [0.3, 0.4) is 0 Å². The van der Waals surface area contributed by atoms with Crippen molar-refractivity contribution in [1.82, 2.24) is 5.32 Å². The molecule has 2 aliphatic heterocycles. The van der Waals surface area contributed by atoms with Crippen LogP contribution in [0.15, 0.2) is 30.0 Å². The molecule has 0 aromatic heterocycles. The van der Waals surface area contributed by atoms with Gasteiger partial charge in [0.15, 0.2) is 0 Å². The van der Waals surface area contributed by atoms with E-state index < -0.39 is 0 Å². The SMILES string of the molecule is CCC1CC(Oc2cc(F)ccc2N2CC(=N)/C(=C\N)C2)CC(C)N1. The van der Waals surface area contributed by atoms with Gasteiger partial charge in [-0.15, -0.1) is 0 Å². The van der Waals surface area contributed by atoms with E-state index in [-0.39, 0.29) is 11.9 Å². The van der Waals surface area contributed by atoms with Crippen LogP contribution in [0.25, 0.3) is 0 Å². The predicted octanol–water partition coefficient (Wildman–Crippen LogP) is 2.81. The van der Waals surface area contributed by atoms with Gasteiger partial charge in [0.1, 0.15) is 17.7 Å². The summed E-state index contributed by atoms with van der Waals surface area (Å²) in [6, 6.07) is 5.44. The topological polar surface area (TPSA) is 74.4 Å². The molecule has 3 unspecified atom stereocenters. The number of benzene rings is 1. The lowest BCUT2D eigenvalue weighted by atomic mass is 9.95.